The van der Waals surface area contributed by atoms with Crippen LogP contribution in [0.1, 0.15) is 34.7 Å². The van der Waals surface area contributed by atoms with E-state index in [0.717, 1.165) is 30.8 Å². The van der Waals surface area contributed by atoms with Crippen molar-refractivity contribution in [2.75, 3.05) is 13.2 Å². The Bertz CT molecular complexity index is 629. The number of halogens is 1. The van der Waals surface area contributed by atoms with Crippen molar-refractivity contribution >= 4 is 21.8 Å². The smallest absolute Gasteiger partial charge is 0.290 e. The first-order chi connectivity index (χ1) is 10.6. The van der Waals surface area contributed by atoms with E-state index >= 15 is 0 Å². The second kappa shape index (κ2) is 6.71. The maximum absolute atomic E-state index is 12.8. The van der Waals surface area contributed by atoms with E-state index in [1.54, 1.807) is 17.2 Å². The van der Waals surface area contributed by atoms with Crippen molar-refractivity contribution in [3.63, 3.8) is 0 Å². The standard InChI is InChI=1S/C16H18BrNO4/c1-11-8-14(17)22-15(11)16(19)18(9-12-4-2-6-20-12)10-13-5-3-7-21-13/h2,4,6,8,13H,3,5,7,9-10H2,1H3/t13-/m1/s1. The summed E-state index contributed by atoms with van der Waals surface area (Å²) in [4.78, 5) is 14.5. The molecule has 0 aromatic carbocycles. The summed E-state index contributed by atoms with van der Waals surface area (Å²) in [6.45, 7) is 3.57. The molecule has 0 N–H and O–H groups in total. The van der Waals surface area contributed by atoms with Crippen LogP contribution in [0.4, 0.5) is 0 Å². The average Bonchev–Trinajstić information content (AvgIpc) is 3.20. The third-order valence-electron chi connectivity index (χ3n) is 3.74. The summed E-state index contributed by atoms with van der Waals surface area (Å²) < 4.78 is 17.1. The van der Waals surface area contributed by atoms with Crippen molar-refractivity contribution in [2.45, 2.75) is 32.4 Å². The van der Waals surface area contributed by atoms with Gasteiger partial charge in [0.1, 0.15) is 5.76 Å². The summed E-state index contributed by atoms with van der Waals surface area (Å²) in [6, 6.07) is 5.48. The van der Waals surface area contributed by atoms with Crippen molar-refractivity contribution in [3.05, 3.63) is 46.2 Å². The lowest BCUT2D eigenvalue weighted by Crippen LogP contribution is -2.37. The van der Waals surface area contributed by atoms with E-state index in [2.05, 4.69) is 15.9 Å². The molecular formula is C16H18BrNO4. The molecule has 6 heteroatoms. The highest BCUT2D eigenvalue weighted by molar-refractivity contribution is 9.10. The van der Waals surface area contributed by atoms with Crippen LogP contribution in [-0.2, 0) is 11.3 Å². The molecule has 118 valence electrons. The molecule has 1 aliphatic rings. The Hall–Kier alpha value is -1.53. The first kappa shape index (κ1) is 15.4. The van der Waals surface area contributed by atoms with Crippen molar-refractivity contribution in [1.82, 2.24) is 4.90 Å². The highest BCUT2D eigenvalue weighted by Gasteiger charge is 2.27. The van der Waals surface area contributed by atoms with Gasteiger partial charge in [-0.25, -0.2) is 0 Å². The molecule has 2 aromatic rings. The number of carbonyl (C=O) groups is 1. The zero-order valence-corrected chi connectivity index (χ0v) is 14.0. The van der Waals surface area contributed by atoms with Crippen molar-refractivity contribution in [1.29, 1.82) is 0 Å². The number of hydrogen-bond donors (Lipinski definition) is 0. The molecule has 2 aromatic heterocycles. The molecule has 0 saturated carbocycles. The van der Waals surface area contributed by atoms with Crippen LogP contribution in [0, 0.1) is 6.92 Å². The van der Waals surface area contributed by atoms with Crippen LogP contribution < -0.4 is 0 Å². The van der Waals surface area contributed by atoms with E-state index in [-0.39, 0.29) is 12.0 Å². The summed E-state index contributed by atoms with van der Waals surface area (Å²) in [6.07, 6.45) is 3.71. The number of furan rings is 2. The van der Waals surface area contributed by atoms with Crippen molar-refractivity contribution in [2.24, 2.45) is 0 Å². The van der Waals surface area contributed by atoms with E-state index in [1.165, 1.54) is 0 Å². The Kier molecular flexibility index (Phi) is 4.69. The normalized spacial score (nSPS) is 17.8. The van der Waals surface area contributed by atoms with Gasteiger partial charge in [-0.1, -0.05) is 0 Å². The highest BCUT2D eigenvalue weighted by Crippen LogP contribution is 2.23. The molecule has 1 atom stereocenters. The maximum Gasteiger partial charge on any atom is 0.290 e. The van der Waals surface area contributed by atoms with Crippen LogP contribution in [0.3, 0.4) is 0 Å². The van der Waals surface area contributed by atoms with Gasteiger partial charge in [0.05, 0.1) is 18.9 Å². The summed E-state index contributed by atoms with van der Waals surface area (Å²) >= 11 is 3.27. The molecule has 3 rings (SSSR count). The first-order valence-corrected chi connectivity index (χ1v) is 8.12. The quantitative estimate of drug-likeness (QED) is 0.806. The minimum absolute atomic E-state index is 0.0811. The van der Waals surface area contributed by atoms with E-state index in [1.807, 2.05) is 19.1 Å². The summed E-state index contributed by atoms with van der Waals surface area (Å²) in [7, 11) is 0. The summed E-state index contributed by atoms with van der Waals surface area (Å²) in [5, 5.41) is 0. The molecule has 3 heterocycles. The minimum Gasteiger partial charge on any atom is -0.467 e. The molecule has 0 unspecified atom stereocenters. The average molecular weight is 368 g/mol. The minimum atomic E-state index is -0.143. The second-order valence-electron chi connectivity index (χ2n) is 5.46. The zero-order chi connectivity index (χ0) is 15.5. The van der Waals surface area contributed by atoms with Crippen molar-refractivity contribution in [3.8, 4) is 0 Å². The van der Waals surface area contributed by atoms with E-state index in [9.17, 15) is 4.79 Å². The number of ether oxygens (including phenoxy) is 1. The van der Waals surface area contributed by atoms with Gasteiger partial charge in [0.25, 0.3) is 5.91 Å². The van der Waals surface area contributed by atoms with Gasteiger partial charge >= 0.3 is 0 Å². The molecule has 0 spiro atoms. The van der Waals surface area contributed by atoms with E-state index < -0.39 is 0 Å². The Morgan fingerprint density at radius 1 is 1.50 bits per heavy atom. The lowest BCUT2D eigenvalue weighted by Gasteiger charge is -2.24. The molecular weight excluding hydrogens is 350 g/mol. The van der Waals surface area contributed by atoms with Gasteiger partial charge in [0.15, 0.2) is 10.4 Å². The predicted octanol–water partition coefficient (Wildman–Crippen LogP) is 3.76. The number of amides is 1. The van der Waals surface area contributed by atoms with Crippen LogP contribution >= 0.6 is 15.9 Å². The van der Waals surface area contributed by atoms with E-state index in [0.29, 0.717) is 23.5 Å². The van der Waals surface area contributed by atoms with Crippen molar-refractivity contribution < 1.29 is 18.4 Å². The van der Waals surface area contributed by atoms with Crippen LogP contribution in [0.25, 0.3) is 0 Å². The Morgan fingerprint density at radius 3 is 2.95 bits per heavy atom. The Morgan fingerprint density at radius 2 is 2.36 bits per heavy atom. The third kappa shape index (κ3) is 3.44. The van der Waals surface area contributed by atoms with Crippen LogP contribution in [-0.4, -0.2) is 30.1 Å². The fourth-order valence-corrected chi connectivity index (χ4v) is 3.15. The largest absolute Gasteiger partial charge is 0.467 e. The third-order valence-corrected chi connectivity index (χ3v) is 4.13. The number of rotatable bonds is 5. The van der Waals surface area contributed by atoms with Crippen LogP contribution in [0.2, 0.25) is 0 Å². The second-order valence-corrected chi connectivity index (χ2v) is 6.24. The zero-order valence-electron chi connectivity index (χ0n) is 12.4. The monoisotopic (exact) mass is 367 g/mol. The number of hydrogen-bond acceptors (Lipinski definition) is 4. The lowest BCUT2D eigenvalue weighted by molar-refractivity contribution is 0.0466. The molecule has 0 radical (unpaired) electrons. The topological polar surface area (TPSA) is 55.8 Å². The molecule has 22 heavy (non-hydrogen) atoms. The molecule has 0 aliphatic carbocycles. The van der Waals surface area contributed by atoms with Crippen LogP contribution in [0.15, 0.2) is 38.0 Å². The van der Waals surface area contributed by atoms with E-state index in [4.69, 9.17) is 13.6 Å². The van der Waals surface area contributed by atoms with Gasteiger partial charge in [-0.05, 0) is 53.9 Å². The predicted molar refractivity (Wildman–Crippen MR) is 83.6 cm³/mol. The number of aryl methyl sites for hydroxylation is 1. The molecule has 1 aliphatic heterocycles. The SMILES string of the molecule is Cc1cc(Br)oc1C(=O)N(Cc1ccco1)C[C@H]1CCCO1. The summed E-state index contributed by atoms with van der Waals surface area (Å²) in [5.74, 6) is 0.959. The van der Waals surface area contributed by atoms with Gasteiger partial charge in [-0.2, -0.15) is 0 Å². The number of nitrogens with zero attached hydrogens (tertiary/aromatic N) is 1. The molecule has 5 nitrogen and oxygen atoms in total. The lowest BCUT2D eigenvalue weighted by atomic mass is 10.2. The maximum atomic E-state index is 12.8. The molecule has 0 bridgehead atoms. The first-order valence-electron chi connectivity index (χ1n) is 7.32. The Balaban J connectivity index is 1.79. The molecule has 1 fully saturated rings. The van der Waals surface area contributed by atoms with Gasteiger partial charge < -0.3 is 18.5 Å². The Labute approximate surface area is 137 Å². The van der Waals surface area contributed by atoms with Gasteiger partial charge in [-0.3, -0.25) is 4.79 Å². The van der Waals surface area contributed by atoms with Gasteiger partial charge in [0, 0.05) is 18.7 Å². The fourth-order valence-electron chi connectivity index (χ4n) is 2.64. The molecule has 1 saturated heterocycles. The fraction of sp³-hybridized carbons (Fsp3) is 0.438. The van der Waals surface area contributed by atoms with Gasteiger partial charge in [0.2, 0.25) is 0 Å². The van der Waals surface area contributed by atoms with Crippen LogP contribution in [0.5, 0.6) is 0 Å². The highest BCUT2D eigenvalue weighted by atomic mass is 79.9. The molecule has 1 amide bonds. The summed E-state index contributed by atoms with van der Waals surface area (Å²) in [5.41, 5.74) is 0.814. The number of carbonyl (C=O) groups excluding carboxylic acids is 1. The van der Waals surface area contributed by atoms with Gasteiger partial charge in [-0.15, -0.1) is 0 Å².